The first-order valence-electron chi connectivity index (χ1n) is 7.53. The predicted octanol–water partition coefficient (Wildman–Crippen LogP) is 1.08. The minimum Gasteiger partial charge on any atom is -0.463 e. The maximum atomic E-state index is 12.3. The summed E-state index contributed by atoms with van der Waals surface area (Å²) in [7, 11) is -3.76. The molecule has 0 bridgehead atoms. The third-order valence-corrected chi connectivity index (χ3v) is 4.78. The number of imidazole rings is 1. The zero-order valence-electron chi connectivity index (χ0n) is 13.3. The summed E-state index contributed by atoms with van der Waals surface area (Å²) in [6.07, 6.45) is 3.04. The number of benzene rings is 1. The van der Waals surface area contributed by atoms with E-state index in [-0.39, 0.29) is 17.1 Å². The van der Waals surface area contributed by atoms with Crippen LogP contribution in [0.2, 0.25) is 0 Å². The van der Waals surface area contributed by atoms with E-state index in [2.05, 4.69) is 15.0 Å². The van der Waals surface area contributed by atoms with Crippen LogP contribution in [0.25, 0.3) is 22.7 Å². The second-order valence-electron chi connectivity index (χ2n) is 5.61. The third kappa shape index (κ3) is 2.91. The van der Waals surface area contributed by atoms with Gasteiger partial charge in [-0.25, -0.2) is 28.3 Å². The van der Waals surface area contributed by atoms with Gasteiger partial charge < -0.3 is 4.42 Å². The van der Waals surface area contributed by atoms with Gasteiger partial charge in [0.25, 0.3) is 0 Å². The summed E-state index contributed by atoms with van der Waals surface area (Å²) in [6.45, 7) is 0.194. The highest BCUT2D eigenvalue weighted by Crippen LogP contribution is 2.19. The first kappa shape index (κ1) is 16.2. The Morgan fingerprint density at radius 2 is 1.96 bits per heavy atom. The van der Waals surface area contributed by atoms with Crippen LogP contribution in [0.3, 0.4) is 0 Å². The van der Waals surface area contributed by atoms with Gasteiger partial charge in [-0.3, -0.25) is 9.55 Å². The van der Waals surface area contributed by atoms with E-state index >= 15 is 0 Å². The molecule has 132 valence electrons. The summed E-state index contributed by atoms with van der Waals surface area (Å²) in [4.78, 5) is 23.6. The van der Waals surface area contributed by atoms with Crippen LogP contribution in [0, 0.1) is 0 Å². The average molecular weight is 371 g/mol. The molecule has 0 radical (unpaired) electrons. The maximum absolute atomic E-state index is 12.3. The molecule has 0 saturated carbocycles. The fourth-order valence-corrected chi connectivity index (χ4v) is 3.09. The molecule has 0 fully saturated rings. The smallest absolute Gasteiger partial charge is 0.329 e. The van der Waals surface area contributed by atoms with Gasteiger partial charge in [0, 0.05) is 0 Å². The van der Waals surface area contributed by atoms with Crippen molar-refractivity contribution in [2.75, 3.05) is 0 Å². The Morgan fingerprint density at radius 1 is 1.19 bits per heavy atom. The molecule has 10 heteroatoms. The molecule has 4 aromatic rings. The van der Waals surface area contributed by atoms with E-state index in [1.54, 1.807) is 24.3 Å². The van der Waals surface area contributed by atoms with Crippen LogP contribution in [0.5, 0.6) is 0 Å². The van der Waals surface area contributed by atoms with Crippen molar-refractivity contribution in [1.29, 1.82) is 0 Å². The molecule has 0 aliphatic heterocycles. The summed E-state index contributed by atoms with van der Waals surface area (Å²) in [5.41, 5.74) is 1.57. The lowest BCUT2D eigenvalue weighted by Gasteiger charge is -2.05. The summed E-state index contributed by atoms with van der Waals surface area (Å²) in [5.74, 6) is 0.539. The van der Waals surface area contributed by atoms with Crippen molar-refractivity contribution >= 4 is 21.3 Å². The average Bonchev–Trinajstić information content (AvgIpc) is 3.23. The molecule has 0 atom stereocenters. The number of fused-ring (bicyclic) bond motifs is 1. The second-order valence-corrected chi connectivity index (χ2v) is 7.17. The van der Waals surface area contributed by atoms with E-state index in [4.69, 9.17) is 9.56 Å². The summed E-state index contributed by atoms with van der Waals surface area (Å²) in [5, 5.41) is 5.09. The molecule has 3 heterocycles. The van der Waals surface area contributed by atoms with Crippen LogP contribution in [-0.2, 0) is 16.6 Å². The van der Waals surface area contributed by atoms with Crippen LogP contribution < -0.4 is 10.8 Å². The van der Waals surface area contributed by atoms with Gasteiger partial charge in [-0.2, -0.15) is 0 Å². The number of aromatic nitrogens is 4. The molecule has 0 aliphatic rings. The van der Waals surface area contributed by atoms with E-state index in [0.29, 0.717) is 28.3 Å². The highest BCUT2D eigenvalue weighted by Gasteiger charge is 2.13. The van der Waals surface area contributed by atoms with Gasteiger partial charge in [0.05, 0.1) is 23.9 Å². The number of sulfonamides is 1. The van der Waals surface area contributed by atoms with Crippen molar-refractivity contribution in [2.45, 2.75) is 11.4 Å². The van der Waals surface area contributed by atoms with Crippen LogP contribution in [-0.4, -0.2) is 27.9 Å². The first-order chi connectivity index (χ1) is 12.4. The van der Waals surface area contributed by atoms with Gasteiger partial charge in [0.15, 0.2) is 17.1 Å². The Morgan fingerprint density at radius 3 is 2.62 bits per heavy atom. The molecule has 0 saturated heterocycles. The third-order valence-electron chi connectivity index (χ3n) is 3.85. The topological polar surface area (TPSA) is 137 Å². The van der Waals surface area contributed by atoms with Gasteiger partial charge in [-0.1, -0.05) is 12.1 Å². The Balaban J connectivity index is 1.75. The van der Waals surface area contributed by atoms with Crippen molar-refractivity contribution < 1.29 is 12.8 Å². The van der Waals surface area contributed by atoms with E-state index in [1.807, 2.05) is 0 Å². The molecule has 0 spiro atoms. The van der Waals surface area contributed by atoms with Crippen molar-refractivity contribution in [2.24, 2.45) is 5.14 Å². The summed E-state index contributed by atoms with van der Waals surface area (Å²) < 4.78 is 29.4. The zero-order valence-corrected chi connectivity index (χ0v) is 14.1. The highest BCUT2D eigenvalue weighted by molar-refractivity contribution is 7.89. The van der Waals surface area contributed by atoms with Crippen LogP contribution in [0.4, 0.5) is 0 Å². The molecule has 0 amide bonds. The number of hydrogen-bond acceptors (Lipinski definition) is 6. The first-order valence-corrected chi connectivity index (χ1v) is 9.07. The van der Waals surface area contributed by atoms with E-state index < -0.39 is 10.0 Å². The van der Waals surface area contributed by atoms with Crippen LogP contribution >= 0.6 is 0 Å². The molecule has 0 unspecified atom stereocenters. The lowest BCUT2D eigenvalue weighted by molar-refractivity contribution is 0.580. The number of H-pyrrole nitrogens is 1. The zero-order chi connectivity index (χ0) is 18.3. The minimum absolute atomic E-state index is 0.00687. The summed E-state index contributed by atoms with van der Waals surface area (Å²) in [6, 6.07) is 9.45. The lowest BCUT2D eigenvalue weighted by Crippen LogP contribution is -2.18. The number of nitrogens with two attached hydrogens (primary N) is 1. The molecule has 4 rings (SSSR count). The standard InChI is InChI=1S/C16H13N5O4S/c17-26(23,24)11-5-3-10(4-6-11)9-21-15-14(20-16(21)22)18-8-12(19-15)13-2-1-7-25-13/h1-8H,9H2,(H2,17,23,24)(H,18,20,22). The number of rotatable bonds is 4. The molecule has 1 aromatic carbocycles. The number of nitrogens with zero attached hydrogens (tertiary/aromatic N) is 3. The van der Waals surface area contributed by atoms with Crippen molar-refractivity contribution in [1.82, 2.24) is 19.5 Å². The largest absolute Gasteiger partial charge is 0.463 e. The van der Waals surface area contributed by atoms with Crippen LogP contribution in [0.15, 0.2) is 63.0 Å². The van der Waals surface area contributed by atoms with E-state index in [9.17, 15) is 13.2 Å². The van der Waals surface area contributed by atoms with Gasteiger partial charge >= 0.3 is 5.69 Å². The molecule has 0 aliphatic carbocycles. The lowest BCUT2D eigenvalue weighted by atomic mass is 10.2. The number of nitrogens with one attached hydrogen (secondary N) is 1. The Labute approximate surface area is 147 Å². The maximum Gasteiger partial charge on any atom is 0.329 e. The van der Waals surface area contributed by atoms with Crippen molar-refractivity contribution in [3.05, 3.63) is 64.9 Å². The molecule has 3 aromatic heterocycles. The minimum atomic E-state index is -3.76. The molecule has 9 nitrogen and oxygen atoms in total. The fraction of sp³-hybridized carbons (Fsp3) is 0.0625. The number of furan rings is 1. The Hall–Kier alpha value is -3.24. The monoisotopic (exact) mass is 371 g/mol. The van der Waals surface area contributed by atoms with Crippen molar-refractivity contribution in [3.8, 4) is 11.5 Å². The number of aromatic amines is 1. The molecule has 26 heavy (non-hydrogen) atoms. The number of primary sulfonamides is 1. The predicted molar refractivity (Wildman–Crippen MR) is 92.8 cm³/mol. The fourth-order valence-electron chi connectivity index (χ4n) is 2.58. The Kier molecular flexibility index (Phi) is 3.71. The van der Waals surface area contributed by atoms with E-state index in [1.165, 1.54) is 29.2 Å². The second kappa shape index (κ2) is 5.93. The van der Waals surface area contributed by atoms with Crippen LogP contribution in [0.1, 0.15) is 5.56 Å². The van der Waals surface area contributed by atoms with Gasteiger partial charge in [0.1, 0.15) is 5.69 Å². The quantitative estimate of drug-likeness (QED) is 0.550. The van der Waals surface area contributed by atoms with Crippen molar-refractivity contribution in [3.63, 3.8) is 0 Å². The normalized spacial score (nSPS) is 11.9. The highest BCUT2D eigenvalue weighted by atomic mass is 32.2. The van der Waals surface area contributed by atoms with E-state index in [0.717, 1.165) is 0 Å². The van der Waals surface area contributed by atoms with Gasteiger partial charge in [0.2, 0.25) is 10.0 Å². The number of hydrogen-bond donors (Lipinski definition) is 2. The SMILES string of the molecule is NS(=O)(=O)c1ccc(Cn2c(=O)[nH]c3ncc(-c4ccco4)nc32)cc1. The Bertz CT molecular complexity index is 1240. The summed E-state index contributed by atoms with van der Waals surface area (Å²) >= 11 is 0. The molecule has 3 N–H and O–H groups in total. The molecular formula is C16H13N5O4S. The molecular weight excluding hydrogens is 358 g/mol. The van der Waals surface area contributed by atoms with Gasteiger partial charge in [-0.15, -0.1) is 0 Å². The van der Waals surface area contributed by atoms with Gasteiger partial charge in [-0.05, 0) is 29.8 Å².